The van der Waals surface area contributed by atoms with Crippen LogP contribution in [0.25, 0.3) is 10.9 Å². The van der Waals surface area contributed by atoms with Gasteiger partial charge in [-0.3, -0.25) is 9.36 Å². The maximum absolute atomic E-state index is 14.1. The molecule has 1 saturated heterocycles. The highest BCUT2D eigenvalue weighted by atomic mass is 19.1. The van der Waals surface area contributed by atoms with Gasteiger partial charge < -0.3 is 15.5 Å². The van der Waals surface area contributed by atoms with E-state index in [9.17, 15) is 9.18 Å². The van der Waals surface area contributed by atoms with Crippen molar-refractivity contribution >= 4 is 22.5 Å². The number of aliphatic imine (C=N–C) groups is 1. The summed E-state index contributed by atoms with van der Waals surface area (Å²) in [5, 5.41) is 7.96. The number of fused-ring (bicyclic) bond motifs is 3. The van der Waals surface area contributed by atoms with Gasteiger partial charge in [0.15, 0.2) is 5.96 Å². The van der Waals surface area contributed by atoms with E-state index < -0.39 is 0 Å². The Balaban J connectivity index is 0.00000401. The first-order valence-electron chi connectivity index (χ1n) is 18.2. The highest BCUT2D eigenvalue weighted by Gasteiger charge is 2.56. The van der Waals surface area contributed by atoms with Crippen molar-refractivity contribution in [3.05, 3.63) is 70.0 Å². The smallest absolute Gasteiger partial charge is 0.261 e. The molecule has 2 N–H and O–H groups in total. The second kappa shape index (κ2) is 13.9. The zero-order valence-corrected chi connectivity index (χ0v) is 28.9. The zero-order chi connectivity index (χ0) is 32.9. The predicted molar refractivity (Wildman–Crippen MR) is 196 cm³/mol. The first-order valence-corrected chi connectivity index (χ1v) is 18.2. The monoisotopic (exact) mass is 656 g/mol. The van der Waals surface area contributed by atoms with Crippen LogP contribution in [-0.4, -0.2) is 52.1 Å². The number of halogens is 1. The standard InChI is InChI=1S/C39H53FN6O.CH4/c1-24-6-10-28(11-7-24)36-43-35-22-31(14-15-32(35)37(47)46(36)18-16-27-8-12-30(40)13-9-27)42-38(45-19-17-41-25(2)23-45)44-34-21-29-20-33(26(34)3)39(29,4)5;/h8-9,12-15,22,24-26,28-29,33-34,41H,6-7,10-11,16-21,23H2,1-5H3,(H,42,44);1H4/t24?,25-,26-,28?,29+,33-,34-;/m0./s1. The fraction of sp³-hybridized carbons (Fsp3) is 0.625. The Kier molecular flexibility index (Phi) is 10.0. The molecule has 2 bridgehead atoms. The number of hydrogen-bond donors (Lipinski definition) is 2. The summed E-state index contributed by atoms with van der Waals surface area (Å²) in [6, 6.07) is 13.3. The number of hydrogen-bond acceptors (Lipinski definition) is 4. The molecule has 1 aliphatic heterocycles. The predicted octanol–water partition coefficient (Wildman–Crippen LogP) is 7.84. The number of nitrogens with one attached hydrogen (secondary N) is 2. The van der Waals surface area contributed by atoms with Crippen molar-refractivity contribution < 1.29 is 4.39 Å². The molecule has 5 atom stereocenters. The van der Waals surface area contributed by atoms with Crippen LogP contribution in [0.5, 0.6) is 0 Å². The van der Waals surface area contributed by atoms with Gasteiger partial charge in [0.2, 0.25) is 0 Å². The Bertz CT molecular complexity index is 1670. The summed E-state index contributed by atoms with van der Waals surface area (Å²) in [7, 11) is 0. The van der Waals surface area contributed by atoms with Gasteiger partial charge in [-0.25, -0.2) is 14.4 Å². The molecule has 0 unspecified atom stereocenters. The van der Waals surface area contributed by atoms with Crippen molar-refractivity contribution in [1.29, 1.82) is 0 Å². The number of benzene rings is 2. The lowest BCUT2D eigenvalue weighted by Crippen LogP contribution is -2.57. The Hall–Kier alpha value is -3.26. The maximum atomic E-state index is 14.1. The molecular formula is C40H57FN6O. The molecular weight excluding hydrogens is 599 g/mol. The molecule has 3 aromatic rings. The van der Waals surface area contributed by atoms with Gasteiger partial charge in [-0.15, -0.1) is 0 Å². The van der Waals surface area contributed by atoms with E-state index in [1.165, 1.54) is 18.6 Å². The van der Waals surface area contributed by atoms with Crippen molar-refractivity contribution in [2.45, 2.75) is 112 Å². The molecule has 5 fully saturated rings. The minimum atomic E-state index is -0.242. The van der Waals surface area contributed by atoms with E-state index in [1.807, 2.05) is 28.8 Å². The molecule has 4 aliphatic carbocycles. The number of aryl methyl sites for hydroxylation is 1. The van der Waals surface area contributed by atoms with Crippen LogP contribution < -0.4 is 16.2 Å². The van der Waals surface area contributed by atoms with Crippen molar-refractivity contribution in [3.8, 4) is 0 Å². The molecule has 1 aromatic heterocycles. The summed E-state index contributed by atoms with van der Waals surface area (Å²) in [6.07, 6.45) is 7.54. The van der Waals surface area contributed by atoms with Crippen LogP contribution >= 0.6 is 0 Å². The Morgan fingerprint density at radius 1 is 1.06 bits per heavy atom. The van der Waals surface area contributed by atoms with E-state index in [-0.39, 0.29) is 24.7 Å². The van der Waals surface area contributed by atoms with E-state index in [0.717, 1.165) is 92.1 Å². The van der Waals surface area contributed by atoms with E-state index in [4.69, 9.17) is 9.98 Å². The van der Waals surface area contributed by atoms with Crippen LogP contribution in [0.15, 0.2) is 52.3 Å². The van der Waals surface area contributed by atoms with Crippen LogP contribution in [0.2, 0.25) is 0 Å². The van der Waals surface area contributed by atoms with Crippen LogP contribution in [0.4, 0.5) is 10.1 Å². The van der Waals surface area contributed by atoms with Crippen molar-refractivity contribution in [3.63, 3.8) is 0 Å². The Labute approximate surface area is 286 Å². The van der Waals surface area contributed by atoms with Gasteiger partial charge in [-0.1, -0.05) is 60.1 Å². The van der Waals surface area contributed by atoms with Crippen LogP contribution in [0.1, 0.15) is 97.9 Å². The SMILES string of the molecule is C.CC1CCC(c2nc3cc(NC(=N[C@H]4C[C@H]5C[C@@H]([C@@H]4C)C5(C)C)N4CCN[C@@H](C)C4)ccc3c(=O)n2CCc2ccc(F)cc2)CC1. The van der Waals surface area contributed by atoms with E-state index in [1.54, 1.807) is 0 Å². The zero-order valence-electron chi connectivity index (χ0n) is 28.9. The summed E-state index contributed by atoms with van der Waals surface area (Å²) in [4.78, 5) is 27.3. The molecule has 4 saturated carbocycles. The van der Waals surface area contributed by atoms with Crippen molar-refractivity contribution in [1.82, 2.24) is 19.8 Å². The van der Waals surface area contributed by atoms with Gasteiger partial charge in [0, 0.05) is 43.8 Å². The fourth-order valence-electron chi connectivity index (χ4n) is 9.15. The second-order valence-electron chi connectivity index (χ2n) is 15.9. The third-order valence-electron chi connectivity index (χ3n) is 12.4. The molecule has 7 nitrogen and oxygen atoms in total. The topological polar surface area (TPSA) is 74.6 Å². The molecule has 2 heterocycles. The van der Waals surface area contributed by atoms with E-state index in [2.05, 4.69) is 56.2 Å². The van der Waals surface area contributed by atoms with Gasteiger partial charge in [0.1, 0.15) is 11.6 Å². The van der Waals surface area contributed by atoms with Crippen molar-refractivity contribution in [2.24, 2.45) is 34.1 Å². The number of guanidine groups is 1. The summed E-state index contributed by atoms with van der Waals surface area (Å²) in [5.41, 5.74) is 3.12. The van der Waals surface area contributed by atoms with Gasteiger partial charge in [0.25, 0.3) is 5.56 Å². The molecule has 260 valence electrons. The molecule has 0 amide bonds. The highest BCUT2D eigenvalue weighted by Crippen LogP contribution is 2.61. The molecule has 8 heteroatoms. The largest absolute Gasteiger partial charge is 0.340 e. The minimum absolute atomic E-state index is 0. The average molecular weight is 657 g/mol. The third kappa shape index (κ3) is 6.79. The second-order valence-corrected chi connectivity index (χ2v) is 15.9. The first-order chi connectivity index (χ1) is 22.6. The summed E-state index contributed by atoms with van der Waals surface area (Å²) in [6.45, 7) is 15.1. The average Bonchev–Trinajstić information content (AvgIpc) is 3.05. The van der Waals surface area contributed by atoms with Crippen LogP contribution in [0.3, 0.4) is 0 Å². The summed E-state index contributed by atoms with van der Waals surface area (Å²) in [5.74, 6) is 4.60. The fourth-order valence-corrected chi connectivity index (χ4v) is 9.15. The Morgan fingerprint density at radius 2 is 1.81 bits per heavy atom. The van der Waals surface area contributed by atoms with E-state index >= 15 is 0 Å². The highest BCUT2D eigenvalue weighted by molar-refractivity contribution is 5.96. The van der Waals surface area contributed by atoms with Gasteiger partial charge >= 0.3 is 0 Å². The van der Waals surface area contributed by atoms with Gasteiger partial charge in [-0.05, 0) is 104 Å². The molecule has 8 rings (SSSR count). The number of anilines is 1. The summed E-state index contributed by atoms with van der Waals surface area (Å²) >= 11 is 0. The lowest BCUT2D eigenvalue weighted by atomic mass is 9.45. The molecule has 0 radical (unpaired) electrons. The lowest BCUT2D eigenvalue weighted by molar-refractivity contribution is -0.108. The van der Waals surface area contributed by atoms with Crippen LogP contribution in [0, 0.1) is 34.9 Å². The van der Waals surface area contributed by atoms with Crippen molar-refractivity contribution in [2.75, 3.05) is 25.0 Å². The van der Waals surface area contributed by atoms with Gasteiger partial charge in [0.05, 0.1) is 16.9 Å². The third-order valence-corrected chi connectivity index (χ3v) is 12.4. The maximum Gasteiger partial charge on any atom is 0.261 e. The number of aromatic nitrogens is 2. The van der Waals surface area contributed by atoms with Gasteiger partial charge in [-0.2, -0.15) is 0 Å². The van der Waals surface area contributed by atoms with Crippen LogP contribution in [-0.2, 0) is 13.0 Å². The van der Waals surface area contributed by atoms with E-state index in [0.29, 0.717) is 47.7 Å². The number of nitrogens with zero attached hydrogens (tertiary/aromatic N) is 4. The molecule has 48 heavy (non-hydrogen) atoms. The first kappa shape index (κ1) is 34.6. The summed E-state index contributed by atoms with van der Waals surface area (Å²) < 4.78 is 15.5. The molecule has 0 spiro atoms. The quantitative estimate of drug-likeness (QED) is 0.209. The lowest BCUT2D eigenvalue weighted by Gasteiger charge is -2.61. The number of rotatable bonds is 6. The Morgan fingerprint density at radius 3 is 2.50 bits per heavy atom. The molecule has 2 aromatic carbocycles. The molecule has 5 aliphatic rings. The number of piperazine rings is 1. The minimum Gasteiger partial charge on any atom is -0.340 e. The normalized spacial score (nSPS) is 30.0.